The van der Waals surface area contributed by atoms with E-state index in [1.807, 2.05) is 30.0 Å². The predicted octanol–water partition coefficient (Wildman–Crippen LogP) is 3.75. The second-order valence-corrected chi connectivity index (χ2v) is 5.80. The van der Waals surface area contributed by atoms with Crippen LogP contribution in [0.25, 0.3) is 0 Å². The maximum Gasteiger partial charge on any atom is 0.227 e. The smallest absolute Gasteiger partial charge is 0.227 e. The zero-order valence-electron chi connectivity index (χ0n) is 13.7. The van der Waals surface area contributed by atoms with Gasteiger partial charge in [-0.2, -0.15) is 0 Å². The number of carbonyl (C=O) groups excluding carboxylic acids is 1. The average Bonchev–Trinajstić information content (AvgIpc) is 3.00. The summed E-state index contributed by atoms with van der Waals surface area (Å²) in [4.78, 5) is 13.8. The lowest BCUT2D eigenvalue weighted by molar-refractivity contribution is -0.117. The number of rotatable bonds is 6. The van der Waals surface area contributed by atoms with E-state index in [2.05, 4.69) is 5.32 Å². The normalized spacial score (nSPS) is 14.1. The molecule has 5 heteroatoms. The summed E-state index contributed by atoms with van der Waals surface area (Å²) >= 11 is 0. The number of nitrogens with one attached hydrogen (secondary N) is 1. The van der Waals surface area contributed by atoms with Crippen LogP contribution in [-0.2, 0) is 4.79 Å². The molecule has 1 heterocycles. The average molecular weight is 328 g/mol. The maximum absolute atomic E-state index is 13.5. The second-order valence-electron chi connectivity index (χ2n) is 5.80. The van der Waals surface area contributed by atoms with Crippen LogP contribution in [-0.4, -0.2) is 25.6 Å². The first kappa shape index (κ1) is 16.3. The molecule has 2 aromatic rings. The molecule has 1 aliphatic heterocycles. The van der Waals surface area contributed by atoms with Crippen molar-refractivity contribution in [2.24, 2.45) is 0 Å². The van der Waals surface area contributed by atoms with E-state index in [9.17, 15) is 9.18 Å². The molecule has 0 saturated carbocycles. The Balaban J connectivity index is 1.59. The van der Waals surface area contributed by atoms with Crippen LogP contribution < -0.4 is 15.0 Å². The maximum atomic E-state index is 13.5. The van der Waals surface area contributed by atoms with Crippen molar-refractivity contribution in [2.75, 3.05) is 29.9 Å². The number of para-hydroxylation sites is 1. The monoisotopic (exact) mass is 328 g/mol. The van der Waals surface area contributed by atoms with Crippen molar-refractivity contribution in [1.29, 1.82) is 0 Å². The third-order valence-corrected chi connectivity index (χ3v) is 4.18. The van der Waals surface area contributed by atoms with E-state index in [4.69, 9.17) is 4.74 Å². The van der Waals surface area contributed by atoms with Crippen molar-refractivity contribution in [3.05, 3.63) is 53.8 Å². The number of anilines is 2. The Hall–Kier alpha value is -2.56. The fourth-order valence-corrected chi connectivity index (χ4v) is 2.92. The van der Waals surface area contributed by atoms with Gasteiger partial charge in [-0.1, -0.05) is 18.2 Å². The third-order valence-electron chi connectivity index (χ3n) is 4.18. The van der Waals surface area contributed by atoms with Crippen LogP contribution in [0.2, 0.25) is 0 Å². The first-order valence-corrected chi connectivity index (χ1v) is 8.18. The highest BCUT2D eigenvalue weighted by atomic mass is 19.1. The van der Waals surface area contributed by atoms with E-state index in [-0.39, 0.29) is 17.5 Å². The highest BCUT2D eigenvalue weighted by molar-refractivity contribution is 5.96. The summed E-state index contributed by atoms with van der Waals surface area (Å²) in [6.45, 7) is 3.68. The van der Waals surface area contributed by atoms with Gasteiger partial charge in [0.2, 0.25) is 5.91 Å². The van der Waals surface area contributed by atoms with Gasteiger partial charge in [-0.25, -0.2) is 4.39 Å². The fraction of sp³-hybridized carbons (Fsp3) is 0.316. The standard InChI is InChI=1S/C19H21FN2O2/c1-14-16(7-4-8-17(14)22-12-5-10-19(22)23)21-11-13-24-18-9-3-2-6-15(18)20/h2-4,6-9,21H,5,10-13H2,1H3. The van der Waals surface area contributed by atoms with Crippen molar-refractivity contribution >= 4 is 17.3 Å². The number of hydrogen-bond donors (Lipinski definition) is 1. The Morgan fingerprint density at radius 1 is 1.21 bits per heavy atom. The molecule has 1 amide bonds. The molecular formula is C19H21FN2O2. The molecule has 1 aliphatic rings. The molecule has 0 spiro atoms. The molecule has 4 nitrogen and oxygen atoms in total. The molecule has 0 radical (unpaired) electrons. The molecular weight excluding hydrogens is 307 g/mol. The minimum Gasteiger partial charge on any atom is -0.489 e. The molecule has 0 atom stereocenters. The molecule has 1 N–H and O–H groups in total. The SMILES string of the molecule is Cc1c(NCCOc2ccccc2F)cccc1N1CCCC1=O. The van der Waals surface area contributed by atoms with E-state index < -0.39 is 0 Å². The van der Waals surface area contributed by atoms with Crippen molar-refractivity contribution in [3.8, 4) is 5.75 Å². The van der Waals surface area contributed by atoms with Crippen LogP contribution in [0.4, 0.5) is 15.8 Å². The summed E-state index contributed by atoms with van der Waals surface area (Å²) in [6.07, 6.45) is 1.53. The number of ether oxygens (including phenoxy) is 1. The van der Waals surface area contributed by atoms with Crippen LogP contribution >= 0.6 is 0 Å². The van der Waals surface area contributed by atoms with Crippen LogP contribution in [0.3, 0.4) is 0 Å². The van der Waals surface area contributed by atoms with Gasteiger partial charge in [0, 0.05) is 30.9 Å². The minimum absolute atomic E-state index is 0.179. The molecule has 0 aliphatic carbocycles. The Kier molecular flexibility index (Phi) is 4.99. The molecule has 0 aromatic heterocycles. The molecule has 1 saturated heterocycles. The molecule has 2 aromatic carbocycles. The Labute approximate surface area is 141 Å². The minimum atomic E-state index is -0.358. The Morgan fingerprint density at radius 2 is 2.04 bits per heavy atom. The Morgan fingerprint density at radius 3 is 2.79 bits per heavy atom. The van der Waals surface area contributed by atoms with Crippen LogP contribution in [0, 0.1) is 12.7 Å². The fourth-order valence-electron chi connectivity index (χ4n) is 2.92. The summed E-state index contributed by atoms with van der Waals surface area (Å²) < 4.78 is 18.9. The zero-order valence-corrected chi connectivity index (χ0v) is 13.7. The lowest BCUT2D eigenvalue weighted by Gasteiger charge is -2.21. The quantitative estimate of drug-likeness (QED) is 0.821. The summed E-state index contributed by atoms with van der Waals surface area (Å²) in [5, 5.41) is 3.30. The van der Waals surface area contributed by atoms with Crippen molar-refractivity contribution < 1.29 is 13.9 Å². The van der Waals surface area contributed by atoms with Crippen molar-refractivity contribution in [3.63, 3.8) is 0 Å². The highest BCUT2D eigenvalue weighted by Crippen LogP contribution is 2.29. The third kappa shape index (κ3) is 3.50. The zero-order chi connectivity index (χ0) is 16.9. The molecule has 1 fully saturated rings. The van der Waals surface area contributed by atoms with Crippen LogP contribution in [0.5, 0.6) is 5.75 Å². The van der Waals surface area contributed by atoms with Crippen LogP contribution in [0.15, 0.2) is 42.5 Å². The van der Waals surface area contributed by atoms with Gasteiger partial charge in [0.05, 0.1) is 0 Å². The number of benzene rings is 2. The van der Waals surface area contributed by atoms with Crippen molar-refractivity contribution in [2.45, 2.75) is 19.8 Å². The first-order chi connectivity index (χ1) is 11.7. The molecule has 0 unspecified atom stereocenters. The van der Waals surface area contributed by atoms with Gasteiger partial charge in [-0.05, 0) is 43.2 Å². The van der Waals surface area contributed by atoms with E-state index in [0.717, 1.165) is 29.9 Å². The van der Waals surface area contributed by atoms with E-state index >= 15 is 0 Å². The number of amides is 1. The largest absolute Gasteiger partial charge is 0.489 e. The summed E-state index contributed by atoms with van der Waals surface area (Å²) in [5.74, 6) is 0.0776. The summed E-state index contributed by atoms with van der Waals surface area (Å²) in [7, 11) is 0. The van der Waals surface area contributed by atoms with Gasteiger partial charge in [-0.15, -0.1) is 0 Å². The van der Waals surface area contributed by atoms with E-state index in [0.29, 0.717) is 19.6 Å². The van der Waals surface area contributed by atoms with Gasteiger partial charge in [-0.3, -0.25) is 4.79 Å². The van der Waals surface area contributed by atoms with Crippen LogP contribution in [0.1, 0.15) is 18.4 Å². The first-order valence-electron chi connectivity index (χ1n) is 8.18. The molecule has 0 bridgehead atoms. The van der Waals surface area contributed by atoms with E-state index in [1.54, 1.807) is 18.2 Å². The number of halogens is 1. The van der Waals surface area contributed by atoms with Gasteiger partial charge >= 0.3 is 0 Å². The molecule has 3 rings (SSSR count). The Bertz CT molecular complexity index is 733. The summed E-state index contributed by atoms with van der Waals surface area (Å²) in [6, 6.07) is 12.3. The topological polar surface area (TPSA) is 41.6 Å². The summed E-state index contributed by atoms with van der Waals surface area (Å²) in [5.41, 5.74) is 2.96. The lowest BCUT2D eigenvalue weighted by Crippen LogP contribution is -2.25. The second kappa shape index (κ2) is 7.34. The predicted molar refractivity (Wildman–Crippen MR) is 93.2 cm³/mol. The van der Waals surface area contributed by atoms with Gasteiger partial charge in [0.25, 0.3) is 0 Å². The number of hydrogen-bond acceptors (Lipinski definition) is 3. The molecule has 126 valence electrons. The number of nitrogens with zero attached hydrogens (tertiary/aromatic N) is 1. The molecule has 24 heavy (non-hydrogen) atoms. The van der Waals surface area contributed by atoms with Gasteiger partial charge in [0.1, 0.15) is 6.61 Å². The van der Waals surface area contributed by atoms with Gasteiger partial charge in [0.15, 0.2) is 11.6 Å². The number of carbonyl (C=O) groups is 1. The van der Waals surface area contributed by atoms with Crippen molar-refractivity contribution in [1.82, 2.24) is 0 Å². The van der Waals surface area contributed by atoms with E-state index in [1.165, 1.54) is 6.07 Å². The van der Waals surface area contributed by atoms with Gasteiger partial charge < -0.3 is 15.0 Å². The highest BCUT2D eigenvalue weighted by Gasteiger charge is 2.23. The lowest BCUT2D eigenvalue weighted by atomic mass is 10.1.